The van der Waals surface area contributed by atoms with Crippen LogP contribution in [0.4, 0.5) is 5.69 Å². The fourth-order valence-corrected chi connectivity index (χ4v) is 2.78. The fraction of sp³-hybridized carbons (Fsp3) is 0.538. The molecule has 0 amide bonds. The molecule has 5 nitrogen and oxygen atoms in total. The van der Waals surface area contributed by atoms with Crippen LogP contribution in [0.5, 0.6) is 0 Å². The Morgan fingerprint density at radius 1 is 1.26 bits per heavy atom. The number of rotatable bonds is 8. The summed E-state index contributed by atoms with van der Waals surface area (Å²) < 4.78 is 32.2. The Bertz CT molecular complexity index is 486. The molecule has 1 rings (SSSR count). The molecule has 0 bridgehead atoms. The molecule has 0 fully saturated rings. The minimum absolute atomic E-state index is 0.0959. The molecule has 0 aromatic heterocycles. The lowest BCUT2D eigenvalue weighted by Crippen LogP contribution is -2.28. The Kier molecular flexibility index (Phi) is 6.27. The van der Waals surface area contributed by atoms with E-state index < -0.39 is 10.0 Å². The van der Waals surface area contributed by atoms with Gasteiger partial charge in [-0.3, -0.25) is 0 Å². The van der Waals surface area contributed by atoms with E-state index in [4.69, 9.17) is 4.74 Å². The van der Waals surface area contributed by atoms with Crippen LogP contribution in [0.1, 0.15) is 20.8 Å². The first kappa shape index (κ1) is 15.9. The van der Waals surface area contributed by atoms with Crippen molar-refractivity contribution in [1.82, 2.24) is 4.72 Å². The SMILES string of the molecule is CCNc1ccccc1S(=O)(=O)NCCOC(C)C. The summed E-state index contributed by atoms with van der Waals surface area (Å²) in [7, 11) is -3.50. The molecule has 1 aromatic rings. The zero-order valence-corrected chi connectivity index (χ0v) is 12.5. The average Bonchev–Trinajstić information content (AvgIpc) is 2.35. The highest BCUT2D eigenvalue weighted by atomic mass is 32.2. The summed E-state index contributed by atoms with van der Waals surface area (Å²) in [6, 6.07) is 6.85. The third-order valence-corrected chi connectivity index (χ3v) is 3.91. The van der Waals surface area contributed by atoms with Gasteiger partial charge in [-0.05, 0) is 32.9 Å². The van der Waals surface area contributed by atoms with Crippen LogP contribution in [0, 0.1) is 0 Å². The van der Waals surface area contributed by atoms with E-state index >= 15 is 0 Å². The lowest BCUT2D eigenvalue weighted by atomic mass is 10.3. The number of nitrogens with one attached hydrogen (secondary N) is 2. The fourth-order valence-electron chi connectivity index (χ4n) is 1.59. The molecule has 0 unspecified atom stereocenters. The molecule has 0 saturated heterocycles. The first-order chi connectivity index (χ1) is 8.97. The van der Waals surface area contributed by atoms with Crippen molar-refractivity contribution in [3.05, 3.63) is 24.3 Å². The number of sulfonamides is 1. The van der Waals surface area contributed by atoms with Crippen molar-refractivity contribution in [1.29, 1.82) is 0 Å². The molecule has 1 aromatic carbocycles. The van der Waals surface area contributed by atoms with Gasteiger partial charge in [-0.2, -0.15) is 0 Å². The van der Waals surface area contributed by atoms with Crippen LogP contribution in [0.15, 0.2) is 29.2 Å². The second kappa shape index (κ2) is 7.47. The summed E-state index contributed by atoms with van der Waals surface area (Å²) in [5.41, 5.74) is 0.613. The van der Waals surface area contributed by atoms with E-state index in [1.54, 1.807) is 24.3 Å². The van der Waals surface area contributed by atoms with Crippen molar-refractivity contribution in [3.8, 4) is 0 Å². The third kappa shape index (κ3) is 5.18. The van der Waals surface area contributed by atoms with E-state index in [9.17, 15) is 8.42 Å². The van der Waals surface area contributed by atoms with Crippen molar-refractivity contribution >= 4 is 15.7 Å². The molecule has 0 aliphatic heterocycles. The molecule has 2 N–H and O–H groups in total. The minimum Gasteiger partial charge on any atom is -0.384 e. The summed E-state index contributed by atoms with van der Waals surface area (Å²) in [6.07, 6.45) is 0.0959. The molecular formula is C13H22N2O3S. The van der Waals surface area contributed by atoms with Gasteiger partial charge in [0.1, 0.15) is 4.90 Å². The van der Waals surface area contributed by atoms with Crippen LogP contribution in [0.3, 0.4) is 0 Å². The molecular weight excluding hydrogens is 264 g/mol. The highest BCUT2D eigenvalue weighted by Gasteiger charge is 2.17. The Hall–Kier alpha value is -1.11. The zero-order chi connectivity index (χ0) is 14.3. The number of anilines is 1. The normalized spacial score (nSPS) is 11.8. The van der Waals surface area contributed by atoms with Gasteiger partial charge in [0.2, 0.25) is 10.0 Å². The Morgan fingerprint density at radius 3 is 2.58 bits per heavy atom. The van der Waals surface area contributed by atoms with E-state index in [0.29, 0.717) is 18.8 Å². The summed E-state index contributed by atoms with van der Waals surface area (Å²) in [5, 5.41) is 3.04. The monoisotopic (exact) mass is 286 g/mol. The molecule has 0 spiro atoms. The second-order valence-electron chi connectivity index (χ2n) is 4.34. The minimum atomic E-state index is -3.50. The first-order valence-corrected chi connectivity index (χ1v) is 7.90. The summed E-state index contributed by atoms with van der Waals surface area (Å²) in [4.78, 5) is 0.265. The predicted molar refractivity (Wildman–Crippen MR) is 76.9 cm³/mol. The summed E-state index contributed by atoms with van der Waals surface area (Å²) in [5.74, 6) is 0. The zero-order valence-electron chi connectivity index (χ0n) is 11.6. The van der Waals surface area contributed by atoms with Gasteiger partial charge >= 0.3 is 0 Å². The molecule has 6 heteroatoms. The van der Waals surface area contributed by atoms with E-state index in [0.717, 1.165) is 0 Å². The standard InChI is InChI=1S/C13H22N2O3S/c1-4-14-12-7-5-6-8-13(12)19(16,17)15-9-10-18-11(2)3/h5-8,11,14-15H,4,9-10H2,1-3H3. The number of benzene rings is 1. The second-order valence-corrected chi connectivity index (χ2v) is 6.08. The van der Waals surface area contributed by atoms with E-state index in [1.807, 2.05) is 20.8 Å². The van der Waals surface area contributed by atoms with Crippen LogP contribution in [0.2, 0.25) is 0 Å². The molecule has 108 valence electrons. The largest absolute Gasteiger partial charge is 0.384 e. The highest BCUT2D eigenvalue weighted by molar-refractivity contribution is 7.89. The predicted octanol–water partition coefficient (Wildman–Crippen LogP) is 1.82. The smallest absolute Gasteiger partial charge is 0.242 e. The molecule has 0 aliphatic carbocycles. The Morgan fingerprint density at radius 2 is 1.95 bits per heavy atom. The summed E-state index contributed by atoms with van der Waals surface area (Å²) in [6.45, 7) is 7.04. The Balaban J connectivity index is 2.71. The lowest BCUT2D eigenvalue weighted by molar-refractivity contribution is 0.0834. The van der Waals surface area contributed by atoms with Gasteiger partial charge in [-0.25, -0.2) is 13.1 Å². The van der Waals surface area contributed by atoms with Crippen LogP contribution < -0.4 is 10.0 Å². The van der Waals surface area contributed by atoms with Crippen LogP contribution >= 0.6 is 0 Å². The van der Waals surface area contributed by atoms with Crippen LogP contribution in [-0.2, 0) is 14.8 Å². The van der Waals surface area contributed by atoms with Crippen LogP contribution in [-0.4, -0.2) is 34.2 Å². The lowest BCUT2D eigenvalue weighted by Gasteiger charge is -2.13. The third-order valence-electron chi connectivity index (χ3n) is 2.39. The van der Waals surface area contributed by atoms with Gasteiger partial charge in [-0.1, -0.05) is 12.1 Å². The van der Waals surface area contributed by atoms with Crippen LogP contribution in [0.25, 0.3) is 0 Å². The number of para-hydroxylation sites is 1. The van der Waals surface area contributed by atoms with Crippen molar-refractivity contribution in [2.45, 2.75) is 31.8 Å². The van der Waals surface area contributed by atoms with Crippen molar-refractivity contribution in [3.63, 3.8) is 0 Å². The van der Waals surface area contributed by atoms with Gasteiger partial charge in [0.15, 0.2) is 0 Å². The van der Waals surface area contributed by atoms with Crippen molar-refractivity contribution in [2.24, 2.45) is 0 Å². The quantitative estimate of drug-likeness (QED) is 0.715. The number of ether oxygens (including phenoxy) is 1. The maximum absolute atomic E-state index is 12.2. The van der Waals surface area contributed by atoms with Gasteiger partial charge in [0.05, 0.1) is 18.4 Å². The molecule has 0 aliphatic rings. The Labute approximate surface area is 115 Å². The highest BCUT2D eigenvalue weighted by Crippen LogP contribution is 2.20. The summed E-state index contributed by atoms with van der Waals surface area (Å²) >= 11 is 0. The molecule has 0 atom stereocenters. The van der Waals surface area contributed by atoms with Gasteiger partial charge in [0.25, 0.3) is 0 Å². The number of hydrogen-bond donors (Lipinski definition) is 2. The molecule has 0 saturated carbocycles. The molecule has 0 heterocycles. The van der Waals surface area contributed by atoms with E-state index in [2.05, 4.69) is 10.0 Å². The first-order valence-electron chi connectivity index (χ1n) is 6.41. The van der Waals surface area contributed by atoms with Gasteiger partial charge in [0, 0.05) is 13.1 Å². The molecule has 0 radical (unpaired) electrons. The number of hydrogen-bond acceptors (Lipinski definition) is 4. The van der Waals surface area contributed by atoms with E-state index in [1.165, 1.54) is 0 Å². The van der Waals surface area contributed by atoms with Gasteiger partial charge in [-0.15, -0.1) is 0 Å². The van der Waals surface area contributed by atoms with Crippen molar-refractivity contribution < 1.29 is 13.2 Å². The topological polar surface area (TPSA) is 67.4 Å². The van der Waals surface area contributed by atoms with Crippen molar-refractivity contribution in [2.75, 3.05) is 25.0 Å². The maximum Gasteiger partial charge on any atom is 0.242 e. The average molecular weight is 286 g/mol. The molecule has 19 heavy (non-hydrogen) atoms. The maximum atomic E-state index is 12.2. The van der Waals surface area contributed by atoms with E-state index in [-0.39, 0.29) is 17.5 Å². The van der Waals surface area contributed by atoms with Gasteiger partial charge < -0.3 is 10.1 Å².